The van der Waals surface area contributed by atoms with Crippen molar-refractivity contribution in [3.63, 3.8) is 0 Å². The molecule has 72 valence electrons. The van der Waals surface area contributed by atoms with E-state index in [-0.39, 0.29) is 0 Å². The quantitative estimate of drug-likeness (QED) is 0.680. The molecule has 13 heavy (non-hydrogen) atoms. The summed E-state index contributed by atoms with van der Waals surface area (Å²) >= 11 is 13.4. The van der Waals surface area contributed by atoms with Crippen LogP contribution in [0.3, 0.4) is 0 Å². The summed E-state index contributed by atoms with van der Waals surface area (Å²) < 4.78 is 2.75. The molecular formula is C8H6Br4O. The van der Waals surface area contributed by atoms with E-state index in [1.807, 2.05) is 12.1 Å². The summed E-state index contributed by atoms with van der Waals surface area (Å²) in [7, 11) is 0. The van der Waals surface area contributed by atoms with Crippen molar-refractivity contribution in [3.8, 4) is 0 Å². The molecule has 0 spiro atoms. The zero-order valence-electron chi connectivity index (χ0n) is 6.40. The fraction of sp³-hybridized carbons (Fsp3) is 0.250. The molecule has 0 saturated heterocycles. The van der Waals surface area contributed by atoms with Crippen LogP contribution < -0.4 is 0 Å². The van der Waals surface area contributed by atoms with Crippen LogP contribution in [-0.4, -0.2) is 10.4 Å². The van der Waals surface area contributed by atoms with Gasteiger partial charge in [-0.2, -0.15) is 0 Å². The van der Waals surface area contributed by atoms with Crippen molar-refractivity contribution in [1.82, 2.24) is 0 Å². The Morgan fingerprint density at radius 1 is 1.15 bits per heavy atom. The zero-order valence-corrected chi connectivity index (χ0v) is 12.7. The lowest BCUT2D eigenvalue weighted by atomic mass is 10.1. The minimum Gasteiger partial charge on any atom is -0.387 e. The molecule has 1 aromatic rings. The van der Waals surface area contributed by atoms with E-state index in [1.54, 1.807) is 0 Å². The molecule has 1 atom stereocenters. The van der Waals surface area contributed by atoms with Gasteiger partial charge in [0.15, 0.2) is 0 Å². The maximum absolute atomic E-state index is 9.66. The second kappa shape index (κ2) is 5.26. The third-order valence-corrected chi connectivity index (χ3v) is 3.91. The molecule has 0 heterocycles. The maximum atomic E-state index is 9.66. The molecule has 0 saturated carbocycles. The summed E-state index contributed by atoms with van der Waals surface area (Å²) in [6.45, 7) is 0. The summed E-state index contributed by atoms with van der Waals surface area (Å²) in [6, 6.07) is 3.82. The number of hydrogen-bond donors (Lipinski definition) is 1. The van der Waals surface area contributed by atoms with Crippen molar-refractivity contribution in [2.24, 2.45) is 0 Å². The van der Waals surface area contributed by atoms with E-state index in [0.29, 0.717) is 5.33 Å². The number of hydrogen-bond acceptors (Lipinski definition) is 1. The molecule has 1 nitrogen and oxygen atoms in total. The van der Waals surface area contributed by atoms with E-state index in [4.69, 9.17) is 0 Å². The van der Waals surface area contributed by atoms with Gasteiger partial charge in [0, 0.05) is 24.3 Å². The molecule has 0 aromatic heterocycles. The maximum Gasteiger partial charge on any atom is 0.0908 e. The molecule has 1 aromatic carbocycles. The van der Waals surface area contributed by atoms with Crippen LogP contribution in [0.1, 0.15) is 11.7 Å². The number of rotatable bonds is 2. The average molecular weight is 438 g/mol. The highest BCUT2D eigenvalue weighted by Crippen LogP contribution is 2.34. The van der Waals surface area contributed by atoms with Crippen molar-refractivity contribution in [3.05, 3.63) is 31.1 Å². The fourth-order valence-electron chi connectivity index (χ4n) is 0.949. The van der Waals surface area contributed by atoms with Gasteiger partial charge in [0.25, 0.3) is 0 Å². The Morgan fingerprint density at radius 2 is 1.62 bits per heavy atom. The van der Waals surface area contributed by atoms with Crippen LogP contribution in [0.15, 0.2) is 25.6 Å². The van der Waals surface area contributed by atoms with E-state index in [2.05, 4.69) is 63.7 Å². The third-order valence-electron chi connectivity index (χ3n) is 1.52. The molecule has 5 heteroatoms. The van der Waals surface area contributed by atoms with Crippen LogP contribution in [-0.2, 0) is 0 Å². The highest BCUT2D eigenvalue weighted by atomic mass is 79.9. The van der Waals surface area contributed by atoms with Crippen molar-refractivity contribution >= 4 is 63.7 Å². The van der Waals surface area contributed by atoms with Gasteiger partial charge in [-0.25, -0.2) is 0 Å². The molecule has 0 aliphatic heterocycles. The van der Waals surface area contributed by atoms with Gasteiger partial charge in [-0.1, -0.05) is 63.7 Å². The van der Waals surface area contributed by atoms with Crippen molar-refractivity contribution in [2.45, 2.75) is 6.10 Å². The van der Waals surface area contributed by atoms with Gasteiger partial charge in [-0.05, 0) is 12.1 Å². The summed E-state index contributed by atoms with van der Waals surface area (Å²) in [5, 5.41) is 10.2. The lowest BCUT2D eigenvalue weighted by Gasteiger charge is -2.12. The minimum absolute atomic E-state index is 0.503. The Kier molecular flexibility index (Phi) is 4.92. The van der Waals surface area contributed by atoms with Gasteiger partial charge in [0.2, 0.25) is 0 Å². The number of benzene rings is 1. The number of aliphatic hydroxyl groups is 1. The van der Waals surface area contributed by atoms with E-state index < -0.39 is 6.10 Å². The summed E-state index contributed by atoms with van der Waals surface area (Å²) in [6.07, 6.45) is -0.503. The molecule has 1 rings (SSSR count). The van der Waals surface area contributed by atoms with Gasteiger partial charge in [-0.15, -0.1) is 0 Å². The zero-order chi connectivity index (χ0) is 10.0. The molecule has 0 aliphatic carbocycles. The molecule has 0 amide bonds. The first-order valence-corrected chi connectivity index (χ1v) is 6.94. The molecule has 1 N–H and O–H groups in total. The molecule has 1 unspecified atom stereocenters. The topological polar surface area (TPSA) is 20.2 Å². The van der Waals surface area contributed by atoms with Gasteiger partial charge >= 0.3 is 0 Å². The second-order valence-corrected chi connectivity index (χ2v) is 5.73. The number of halogens is 4. The van der Waals surface area contributed by atoms with E-state index in [9.17, 15) is 5.11 Å². The second-order valence-electron chi connectivity index (χ2n) is 2.45. The lowest BCUT2D eigenvalue weighted by Crippen LogP contribution is -2.00. The summed E-state index contributed by atoms with van der Waals surface area (Å²) in [5.41, 5.74) is 0.861. The smallest absolute Gasteiger partial charge is 0.0908 e. The monoisotopic (exact) mass is 434 g/mol. The van der Waals surface area contributed by atoms with Gasteiger partial charge in [-0.3, -0.25) is 0 Å². The van der Waals surface area contributed by atoms with E-state index in [1.165, 1.54) is 0 Å². The number of alkyl halides is 1. The largest absolute Gasteiger partial charge is 0.387 e. The van der Waals surface area contributed by atoms with Crippen LogP contribution in [0.4, 0.5) is 0 Å². The third kappa shape index (κ3) is 3.02. The van der Waals surface area contributed by atoms with E-state index >= 15 is 0 Å². The predicted molar refractivity (Wildman–Crippen MR) is 68.3 cm³/mol. The minimum atomic E-state index is -0.503. The Balaban J connectivity index is 3.20. The first kappa shape index (κ1) is 12.2. The van der Waals surface area contributed by atoms with Crippen LogP contribution in [0.5, 0.6) is 0 Å². The Morgan fingerprint density at radius 3 is 2.00 bits per heavy atom. The van der Waals surface area contributed by atoms with Gasteiger partial charge in [0.05, 0.1) is 6.10 Å². The molecular weight excluding hydrogens is 432 g/mol. The standard InChI is InChI=1S/C8H6Br4O/c9-3-7(13)8-5(11)1-4(10)2-6(8)12/h1-2,7,13H,3H2. The van der Waals surface area contributed by atoms with E-state index in [0.717, 1.165) is 19.0 Å². The Labute approximate surface area is 110 Å². The van der Waals surface area contributed by atoms with Crippen molar-refractivity contribution in [1.29, 1.82) is 0 Å². The summed E-state index contributed by atoms with van der Waals surface area (Å²) in [4.78, 5) is 0. The molecule has 0 fully saturated rings. The first-order valence-electron chi connectivity index (χ1n) is 3.44. The Hall–Kier alpha value is 1.10. The van der Waals surface area contributed by atoms with Gasteiger partial charge in [0.1, 0.15) is 0 Å². The number of aliphatic hydroxyl groups excluding tert-OH is 1. The predicted octanol–water partition coefficient (Wildman–Crippen LogP) is 4.40. The SMILES string of the molecule is OC(CBr)c1c(Br)cc(Br)cc1Br. The van der Waals surface area contributed by atoms with Crippen LogP contribution in [0.2, 0.25) is 0 Å². The van der Waals surface area contributed by atoms with Crippen LogP contribution in [0.25, 0.3) is 0 Å². The Bertz CT molecular complexity index is 290. The molecule has 0 bridgehead atoms. The fourth-order valence-corrected chi connectivity index (χ4v) is 4.06. The van der Waals surface area contributed by atoms with Crippen molar-refractivity contribution < 1.29 is 5.11 Å². The molecule has 0 aliphatic rings. The highest BCUT2D eigenvalue weighted by Gasteiger charge is 2.14. The lowest BCUT2D eigenvalue weighted by molar-refractivity contribution is 0.204. The normalized spacial score (nSPS) is 13.0. The van der Waals surface area contributed by atoms with Gasteiger partial charge < -0.3 is 5.11 Å². The van der Waals surface area contributed by atoms with Crippen LogP contribution >= 0.6 is 63.7 Å². The summed E-state index contributed by atoms with van der Waals surface area (Å²) in [5.74, 6) is 0. The van der Waals surface area contributed by atoms with Crippen molar-refractivity contribution in [2.75, 3.05) is 5.33 Å². The first-order chi connectivity index (χ1) is 6.06. The van der Waals surface area contributed by atoms with Crippen LogP contribution in [0, 0.1) is 0 Å². The highest BCUT2D eigenvalue weighted by molar-refractivity contribution is 9.11. The average Bonchev–Trinajstić information content (AvgIpc) is 2.02. The molecule has 0 radical (unpaired) electrons.